The summed E-state index contributed by atoms with van der Waals surface area (Å²) in [5.74, 6) is -0.508. The predicted octanol–water partition coefficient (Wildman–Crippen LogP) is 4.76. The number of nitrogens with one attached hydrogen (secondary N) is 1. The molecule has 1 N–H and O–H groups in total. The molecule has 3 aromatic rings. The number of nitrogens with zero attached hydrogens (tertiary/aromatic N) is 5. The van der Waals surface area contributed by atoms with Gasteiger partial charge in [-0.1, -0.05) is 11.6 Å². The third-order valence-corrected chi connectivity index (χ3v) is 7.74. The van der Waals surface area contributed by atoms with Crippen molar-refractivity contribution in [1.82, 2.24) is 24.1 Å². The van der Waals surface area contributed by atoms with Crippen molar-refractivity contribution in [3.05, 3.63) is 55.1 Å². The van der Waals surface area contributed by atoms with Gasteiger partial charge in [-0.15, -0.1) is 5.10 Å². The highest BCUT2D eigenvalue weighted by molar-refractivity contribution is 9.10. The van der Waals surface area contributed by atoms with Crippen molar-refractivity contribution in [3.8, 4) is 0 Å². The Morgan fingerprint density at radius 3 is 2.52 bits per heavy atom. The lowest BCUT2D eigenvalue weighted by atomic mass is 9.81. The maximum atomic E-state index is 13.8. The van der Waals surface area contributed by atoms with Gasteiger partial charge in [0.1, 0.15) is 17.7 Å². The van der Waals surface area contributed by atoms with Crippen LogP contribution >= 0.6 is 27.5 Å². The number of rotatable bonds is 3. The number of aromatic nitrogens is 4. The number of carbonyl (C=O) groups is 2. The molecule has 2 aromatic heterocycles. The van der Waals surface area contributed by atoms with E-state index in [9.17, 15) is 27.6 Å². The first kappa shape index (κ1) is 30.3. The van der Waals surface area contributed by atoms with Crippen LogP contribution in [-0.4, -0.2) is 61.4 Å². The van der Waals surface area contributed by atoms with Crippen molar-refractivity contribution in [2.24, 2.45) is 0 Å². The SMILES string of the molecule is CC(C)(C)OC(=O)N1CCC2(CC1)OCCc1c2c(=O)n2nc(Br)nc2n1CC(=O)Nc1ccc(C(F)(F)F)cc1Cl. The van der Waals surface area contributed by atoms with Crippen LogP contribution in [0, 0.1) is 0 Å². The lowest BCUT2D eigenvalue weighted by molar-refractivity contribution is -0.137. The smallest absolute Gasteiger partial charge is 0.416 e. The summed E-state index contributed by atoms with van der Waals surface area (Å²) in [5, 5.41) is 6.43. The van der Waals surface area contributed by atoms with Gasteiger partial charge < -0.3 is 24.3 Å². The first-order valence-electron chi connectivity index (χ1n) is 13.0. The Balaban J connectivity index is 1.47. The third-order valence-electron chi connectivity index (χ3n) is 7.09. The van der Waals surface area contributed by atoms with Gasteiger partial charge in [0.25, 0.3) is 5.56 Å². The van der Waals surface area contributed by atoms with Crippen molar-refractivity contribution < 1.29 is 32.2 Å². The number of anilines is 1. The number of hydrogen-bond acceptors (Lipinski definition) is 7. The molecule has 0 bridgehead atoms. The maximum absolute atomic E-state index is 13.8. The Labute approximate surface area is 251 Å². The van der Waals surface area contributed by atoms with Crippen LogP contribution in [0.15, 0.2) is 27.7 Å². The van der Waals surface area contributed by atoms with Crippen LogP contribution in [0.4, 0.5) is 23.7 Å². The summed E-state index contributed by atoms with van der Waals surface area (Å²) >= 11 is 9.23. The van der Waals surface area contributed by atoms with E-state index in [1.54, 1.807) is 30.2 Å². The molecule has 226 valence electrons. The average molecular weight is 676 g/mol. The minimum Gasteiger partial charge on any atom is -0.444 e. The molecule has 0 aliphatic carbocycles. The number of benzene rings is 1. The number of hydrogen-bond donors (Lipinski definition) is 1. The molecule has 5 rings (SSSR count). The van der Waals surface area contributed by atoms with Crippen molar-refractivity contribution in [2.45, 2.75) is 64.0 Å². The maximum Gasteiger partial charge on any atom is 0.416 e. The topological polar surface area (TPSA) is 120 Å². The van der Waals surface area contributed by atoms with Gasteiger partial charge in [0, 0.05) is 25.2 Å². The van der Waals surface area contributed by atoms with Crippen LogP contribution in [0.1, 0.15) is 50.4 Å². The van der Waals surface area contributed by atoms with Crippen molar-refractivity contribution >= 4 is 51.0 Å². The molecule has 1 aromatic carbocycles. The van der Waals surface area contributed by atoms with E-state index in [-0.39, 0.29) is 53.9 Å². The van der Waals surface area contributed by atoms with Crippen LogP contribution in [-0.2, 0) is 39.0 Å². The van der Waals surface area contributed by atoms with E-state index in [1.807, 2.05) is 0 Å². The van der Waals surface area contributed by atoms with E-state index < -0.39 is 40.5 Å². The number of fused-ring (bicyclic) bond motifs is 3. The first-order valence-corrected chi connectivity index (χ1v) is 14.2. The second-order valence-electron chi connectivity index (χ2n) is 11.1. The van der Waals surface area contributed by atoms with Crippen molar-refractivity contribution in [2.75, 3.05) is 25.0 Å². The zero-order valence-corrected chi connectivity index (χ0v) is 25.2. The lowest BCUT2D eigenvalue weighted by Crippen LogP contribution is -2.52. The number of halogens is 5. The Hall–Kier alpha value is -3.17. The van der Waals surface area contributed by atoms with E-state index >= 15 is 0 Å². The molecule has 2 aliphatic rings. The van der Waals surface area contributed by atoms with Gasteiger partial charge in [0.05, 0.1) is 28.4 Å². The molecule has 16 heteroatoms. The molecule has 0 unspecified atom stereocenters. The largest absolute Gasteiger partial charge is 0.444 e. The minimum absolute atomic E-state index is 0.00225. The van der Waals surface area contributed by atoms with Crippen molar-refractivity contribution in [3.63, 3.8) is 0 Å². The molecule has 1 saturated heterocycles. The summed E-state index contributed by atoms with van der Waals surface area (Å²) in [6.45, 7) is 5.80. The molecule has 11 nitrogen and oxygen atoms in total. The molecule has 0 saturated carbocycles. The highest BCUT2D eigenvalue weighted by Crippen LogP contribution is 2.40. The Kier molecular flexibility index (Phi) is 7.81. The van der Waals surface area contributed by atoms with Gasteiger partial charge in [0.15, 0.2) is 0 Å². The van der Waals surface area contributed by atoms with Crippen LogP contribution in [0.2, 0.25) is 5.02 Å². The molecule has 1 spiro atoms. The molecule has 1 fully saturated rings. The van der Waals surface area contributed by atoms with E-state index in [1.165, 1.54) is 0 Å². The molecular weight excluding hydrogens is 649 g/mol. The molecule has 2 aliphatic heterocycles. The molecular formula is C26H27BrClF3N6O5. The van der Waals surface area contributed by atoms with Gasteiger partial charge >= 0.3 is 12.3 Å². The molecule has 42 heavy (non-hydrogen) atoms. The lowest BCUT2D eigenvalue weighted by Gasteiger charge is -2.44. The number of alkyl halides is 3. The van der Waals surface area contributed by atoms with Gasteiger partial charge in [0.2, 0.25) is 16.4 Å². The molecule has 2 amide bonds. The minimum atomic E-state index is -4.59. The normalized spacial score (nSPS) is 16.9. The van der Waals surface area contributed by atoms with E-state index in [0.29, 0.717) is 24.1 Å². The van der Waals surface area contributed by atoms with E-state index in [2.05, 4.69) is 31.3 Å². The fourth-order valence-electron chi connectivity index (χ4n) is 5.27. The predicted molar refractivity (Wildman–Crippen MR) is 148 cm³/mol. The molecule has 0 atom stereocenters. The summed E-state index contributed by atoms with van der Waals surface area (Å²) in [4.78, 5) is 45.5. The second kappa shape index (κ2) is 10.8. The number of amides is 2. The van der Waals surface area contributed by atoms with E-state index in [0.717, 1.165) is 22.7 Å². The van der Waals surface area contributed by atoms with Crippen LogP contribution < -0.4 is 10.9 Å². The number of ether oxygens (including phenoxy) is 2. The molecule has 0 radical (unpaired) electrons. The highest BCUT2D eigenvalue weighted by atomic mass is 79.9. The summed E-state index contributed by atoms with van der Waals surface area (Å²) in [6, 6.07) is 2.63. The number of likely N-dealkylation sites (tertiary alicyclic amines) is 1. The zero-order valence-electron chi connectivity index (χ0n) is 22.8. The number of carbonyl (C=O) groups excluding carboxylic acids is 2. The average Bonchev–Trinajstić information content (AvgIpc) is 3.28. The monoisotopic (exact) mass is 674 g/mol. The summed E-state index contributed by atoms with van der Waals surface area (Å²) in [5.41, 5.74) is -2.25. The first-order chi connectivity index (χ1) is 19.6. The zero-order chi connectivity index (χ0) is 30.6. The molecule has 4 heterocycles. The Morgan fingerprint density at radius 1 is 1.21 bits per heavy atom. The standard InChI is InChI=1S/C26H27BrClF3N6O5/c1-24(2,3)42-23(40)35-9-7-25(8-10-35)19-17(6-11-41-25)36(22-33-21(27)34-37(22)20(19)39)13-18(38)32-16-5-4-14(12-15(16)28)26(29,30)31/h4-5,12H,6-11,13H2,1-3H3,(H,32,38). The Morgan fingerprint density at radius 2 is 1.90 bits per heavy atom. The van der Waals surface area contributed by atoms with Gasteiger partial charge in [-0.05, 0) is 67.7 Å². The van der Waals surface area contributed by atoms with Crippen LogP contribution in [0.3, 0.4) is 0 Å². The Bertz CT molecular complexity index is 1630. The van der Waals surface area contributed by atoms with E-state index in [4.69, 9.17) is 21.1 Å². The van der Waals surface area contributed by atoms with Crippen LogP contribution in [0.25, 0.3) is 5.78 Å². The number of piperidine rings is 1. The quantitative estimate of drug-likeness (QED) is 0.425. The fraction of sp³-hybridized carbons (Fsp3) is 0.500. The highest BCUT2D eigenvalue weighted by Gasteiger charge is 2.46. The van der Waals surface area contributed by atoms with Crippen molar-refractivity contribution in [1.29, 1.82) is 0 Å². The van der Waals surface area contributed by atoms with Crippen LogP contribution in [0.5, 0.6) is 0 Å². The fourth-order valence-corrected chi connectivity index (χ4v) is 5.82. The van der Waals surface area contributed by atoms with Gasteiger partial charge in [-0.25, -0.2) is 4.79 Å². The summed E-state index contributed by atoms with van der Waals surface area (Å²) < 4.78 is 53.6. The third kappa shape index (κ3) is 5.86. The summed E-state index contributed by atoms with van der Waals surface area (Å²) in [6.07, 6.45) is -4.14. The van der Waals surface area contributed by atoms with Gasteiger partial charge in [-0.2, -0.15) is 22.7 Å². The second-order valence-corrected chi connectivity index (χ2v) is 12.2. The summed E-state index contributed by atoms with van der Waals surface area (Å²) in [7, 11) is 0. The van der Waals surface area contributed by atoms with Gasteiger partial charge in [-0.3, -0.25) is 9.59 Å².